The third-order valence-corrected chi connectivity index (χ3v) is 8.72. The Morgan fingerprint density at radius 1 is 1.23 bits per heavy atom. The van der Waals surface area contributed by atoms with Crippen LogP contribution in [0.25, 0.3) is 0 Å². The van der Waals surface area contributed by atoms with E-state index in [0.29, 0.717) is 37.4 Å². The van der Waals surface area contributed by atoms with Gasteiger partial charge in [-0.05, 0) is 73.2 Å². The van der Waals surface area contributed by atoms with Gasteiger partial charge >= 0.3 is 0 Å². The number of nitrogens with two attached hydrogens (primary N) is 2. The molecule has 35 heavy (non-hydrogen) atoms. The largest absolute Gasteiger partial charge is 0.336 e. The van der Waals surface area contributed by atoms with E-state index < -0.39 is 15.6 Å². The Hall–Kier alpha value is -1.99. The third-order valence-electron chi connectivity index (χ3n) is 8.11. The predicted molar refractivity (Wildman–Crippen MR) is 137 cm³/mol. The smallest absolute Gasteiger partial charge is 0.274 e. The summed E-state index contributed by atoms with van der Waals surface area (Å²) in [6, 6.07) is 7.74. The monoisotopic (exact) mass is 503 g/mol. The molecule has 1 heterocycles. The molecule has 0 spiro atoms. The second kappa shape index (κ2) is 11.8. The van der Waals surface area contributed by atoms with E-state index in [1.807, 2.05) is 12.1 Å². The van der Waals surface area contributed by atoms with Crippen LogP contribution >= 0.6 is 0 Å². The Labute approximate surface area is 210 Å². The maximum atomic E-state index is 13.9. The normalized spacial score (nSPS) is 24.9. The lowest BCUT2D eigenvalue weighted by molar-refractivity contribution is -0.140. The van der Waals surface area contributed by atoms with Crippen LogP contribution in [0.5, 0.6) is 0 Å². The van der Waals surface area contributed by atoms with Gasteiger partial charge in [-0.15, -0.1) is 0 Å². The highest BCUT2D eigenvalue weighted by molar-refractivity contribution is 7.87. The molecule has 2 aliphatic rings. The molecule has 9 heteroatoms. The molecule has 1 aliphatic carbocycles. The van der Waals surface area contributed by atoms with E-state index in [9.17, 15) is 18.5 Å². The zero-order valence-electron chi connectivity index (χ0n) is 21.1. The fourth-order valence-corrected chi connectivity index (χ4v) is 6.53. The van der Waals surface area contributed by atoms with E-state index in [4.69, 9.17) is 10.9 Å². The molecule has 1 atom stereocenters. The first-order valence-electron chi connectivity index (χ1n) is 12.9. The number of carbonyl (C=O) groups is 1. The Bertz CT molecular complexity index is 1030. The number of fused-ring (bicyclic) bond motifs is 1. The quantitative estimate of drug-likeness (QED) is 0.425. The minimum Gasteiger partial charge on any atom is -0.336 e. The van der Waals surface area contributed by atoms with Crippen molar-refractivity contribution in [3.63, 3.8) is 0 Å². The Balaban J connectivity index is 1.80. The lowest BCUT2D eigenvalue weighted by Crippen LogP contribution is -2.53. The van der Waals surface area contributed by atoms with Gasteiger partial charge in [-0.1, -0.05) is 45.6 Å². The average Bonchev–Trinajstić information content (AvgIpc) is 2.81. The highest BCUT2D eigenvalue weighted by Crippen LogP contribution is 2.43. The topological polar surface area (TPSA) is 142 Å². The molecule has 1 fully saturated rings. The standard InChI is InChI=1S/C26H41N5O3S/c1-19(2)22-8-5-20(6-9-22)4-3-11-26(12-13-27)24-10-7-21(17-28)16-23(24)18-31(25(26)32)15-14-30-35(29,33)34/h7,10,16,19-20,22,30H,3-6,8-9,11-15,18,27H2,1-2H3,(H2,29,33,34). The number of nitrogens with zero attached hydrogens (tertiary/aromatic N) is 2. The van der Waals surface area contributed by atoms with Gasteiger partial charge in [-0.3, -0.25) is 4.79 Å². The highest BCUT2D eigenvalue weighted by atomic mass is 32.2. The van der Waals surface area contributed by atoms with Gasteiger partial charge in [0.2, 0.25) is 5.91 Å². The van der Waals surface area contributed by atoms with Crippen LogP contribution in [-0.2, 0) is 27.0 Å². The first kappa shape index (κ1) is 27.6. The number of hydrogen-bond donors (Lipinski definition) is 3. The average molecular weight is 504 g/mol. The molecule has 1 unspecified atom stereocenters. The molecule has 194 valence electrons. The second-order valence-corrected chi connectivity index (χ2v) is 12.1. The maximum absolute atomic E-state index is 13.9. The number of carbonyl (C=O) groups excluding carboxylic acids is 1. The van der Waals surface area contributed by atoms with E-state index in [-0.39, 0.29) is 19.0 Å². The molecule has 5 N–H and O–H groups in total. The van der Waals surface area contributed by atoms with Gasteiger partial charge in [0.05, 0.1) is 17.0 Å². The first-order valence-corrected chi connectivity index (χ1v) is 14.4. The summed E-state index contributed by atoms with van der Waals surface area (Å²) in [5.41, 5.74) is 7.74. The molecule has 1 aliphatic heterocycles. The lowest BCUT2D eigenvalue weighted by Gasteiger charge is -2.44. The lowest BCUT2D eigenvalue weighted by atomic mass is 9.67. The van der Waals surface area contributed by atoms with Crippen molar-refractivity contribution in [3.8, 4) is 6.07 Å². The van der Waals surface area contributed by atoms with E-state index in [1.165, 1.54) is 25.7 Å². The van der Waals surface area contributed by atoms with Gasteiger partial charge in [-0.2, -0.15) is 13.7 Å². The Morgan fingerprint density at radius 2 is 1.94 bits per heavy atom. The van der Waals surface area contributed by atoms with Crippen LogP contribution in [0, 0.1) is 29.1 Å². The molecule has 1 aromatic carbocycles. The summed E-state index contributed by atoms with van der Waals surface area (Å²) < 4.78 is 24.9. The Kier molecular flexibility index (Phi) is 9.33. The summed E-state index contributed by atoms with van der Waals surface area (Å²) in [6.45, 7) is 5.58. The summed E-state index contributed by atoms with van der Waals surface area (Å²) in [5.74, 6) is 2.26. The maximum Gasteiger partial charge on any atom is 0.274 e. The summed E-state index contributed by atoms with van der Waals surface area (Å²) in [6.07, 6.45) is 8.35. The Morgan fingerprint density at radius 3 is 2.54 bits per heavy atom. The first-order chi connectivity index (χ1) is 16.6. The molecule has 1 aromatic rings. The van der Waals surface area contributed by atoms with Gasteiger partial charge in [0, 0.05) is 19.6 Å². The molecule has 8 nitrogen and oxygen atoms in total. The van der Waals surface area contributed by atoms with Gasteiger partial charge in [0.15, 0.2) is 0 Å². The van der Waals surface area contributed by atoms with E-state index >= 15 is 0 Å². The number of nitrogens with one attached hydrogen (secondary N) is 1. The number of nitriles is 1. The number of amides is 1. The van der Waals surface area contributed by atoms with Crippen molar-refractivity contribution in [2.24, 2.45) is 28.6 Å². The second-order valence-electron chi connectivity index (χ2n) is 10.7. The van der Waals surface area contributed by atoms with Crippen LogP contribution in [0.1, 0.15) is 81.9 Å². The van der Waals surface area contributed by atoms with Crippen molar-refractivity contribution < 1.29 is 13.2 Å². The van der Waals surface area contributed by atoms with Crippen molar-refractivity contribution in [1.82, 2.24) is 9.62 Å². The van der Waals surface area contributed by atoms with E-state index in [2.05, 4.69) is 24.6 Å². The van der Waals surface area contributed by atoms with Crippen LogP contribution in [0.4, 0.5) is 0 Å². The van der Waals surface area contributed by atoms with Crippen molar-refractivity contribution in [3.05, 3.63) is 34.9 Å². The molecule has 0 bridgehead atoms. The zero-order chi connectivity index (χ0) is 25.6. The minimum atomic E-state index is -3.84. The molecular formula is C26H41N5O3S. The van der Waals surface area contributed by atoms with Crippen LogP contribution in [0.2, 0.25) is 0 Å². The third kappa shape index (κ3) is 6.82. The molecule has 0 saturated heterocycles. The van der Waals surface area contributed by atoms with Crippen molar-refractivity contribution >= 4 is 16.1 Å². The minimum absolute atomic E-state index is 0.0140. The summed E-state index contributed by atoms with van der Waals surface area (Å²) in [5, 5.41) is 14.5. The summed E-state index contributed by atoms with van der Waals surface area (Å²) in [4.78, 5) is 15.6. The highest BCUT2D eigenvalue weighted by Gasteiger charge is 2.46. The number of rotatable bonds is 11. The zero-order valence-corrected chi connectivity index (χ0v) is 21.9. The van der Waals surface area contributed by atoms with E-state index in [0.717, 1.165) is 35.8 Å². The SMILES string of the molecule is CC(C)C1CCC(CCCC2(CCN)C(=O)N(CCNS(N)(=O)=O)Cc3cc(C#N)ccc32)CC1. The fraction of sp³-hybridized carbons (Fsp3) is 0.692. The fourth-order valence-electron chi connectivity index (χ4n) is 6.15. The van der Waals surface area contributed by atoms with Gasteiger partial charge in [0.25, 0.3) is 10.2 Å². The number of hydrogen-bond acceptors (Lipinski definition) is 5. The van der Waals surface area contributed by atoms with Crippen molar-refractivity contribution in [1.29, 1.82) is 5.26 Å². The predicted octanol–water partition coefficient (Wildman–Crippen LogP) is 2.91. The van der Waals surface area contributed by atoms with Crippen LogP contribution in [0.3, 0.4) is 0 Å². The molecule has 0 aromatic heterocycles. The van der Waals surface area contributed by atoms with Crippen molar-refractivity contribution in [2.45, 2.75) is 77.2 Å². The van der Waals surface area contributed by atoms with E-state index in [1.54, 1.807) is 11.0 Å². The van der Waals surface area contributed by atoms with Gasteiger partial charge in [-0.25, -0.2) is 9.86 Å². The van der Waals surface area contributed by atoms with Gasteiger partial charge < -0.3 is 10.6 Å². The van der Waals surface area contributed by atoms with Crippen LogP contribution in [-0.4, -0.2) is 38.9 Å². The molecular weight excluding hydrogens is 462 g/mol. The van der Waals surface area contributed by atoms with Crippen LogP contribution in [0.15, 0.2) is 18.2 Å². The molecule has 1 saturated carbocycles. The summed E-state index contributed by atoms with van der Waals surface area (Å²) >= 11 is 0. The molecule has 0 radical (unpaired) electrons. The summed E-state index contributed by atoms with van der Waals surface area (Å²) in [7, 11) is -3.84. The van der Waals surface area contributed by atoms with Gasteiger partial charge in [0.1, 0.15) is 0 Å². The number of benzene rings is 1. The molecule has 3 rings (SSSR count). The van der Waals surface area contributed by atoms with Crippen molar-refractivity contribution in [2.75, 3.05) is 19.6 Å². The molecule has 1 amide bonds. The van der Waals surface area contributed by atoms with Crippen LogP contribution < -0.4 is 15.6 Å².